The molecule has 0 bridgehead atoms. The molecule has 6 nitrogen and oxygen atoms in total. The van der Waals surface area contributed by atoms with Gasteiger partial charge in [-0.05, 0) is 38.5 Å². The van der Waals surface area contributed by atoms with E-state index >= 15 is 0 Å². The zero-order valence-electron chi connectivity index (χ0n) is 13.9. The van der Waals surface area contributed by atoms with Gasteiger partial charge in [-0.1, -0.05) is 0 Å². The molecule has 0 aliphatic carbocycles. The van der Waals surface area contributed by atoms with Crippen LogP contribution in [-0.4, -0.2) is 40.0 Å². The lowest BCUT2D eigenvalue weighted by molar-refractivity contribution is 0.1000. The highest BCUT2D eigenvalue weighted by Crippen LogP contribution is 2.29. The maximum absolute atomic E-state index is 14.2. The van der Waals surface area contributed by atoms with Crippen molar-refractivity contribution in [2.24, 2.45) is 10.7 Å². The van der Waals surface area contributed by atoms with E-state index in [1.807, 2.05) is 18.3 Å². The summed E-state index contributed by atoms with van der Waals surface area (Å²) in [6.45, 7) is 5.30. The Morgan fingerprint density at radius 3 is 2.83 bits per heavy atom. The third-order valence-corrected chi connectivity index (χ3v) is 4.31. The van der Waals surface area contributed by atoms with Gasteiger partial charge in [0.2, 0.25) is 0 Å². The number of alkyl halides is 1. The van der Waals surface area contributed by atoms with Crippen LogP contribution in [0, 0.1) is 0 Å². The monoisotopic (exact) mass is 329 g/mol. The third-order valence-electron chi connectivity index (χ3n) is 4.31. The fraction of sp³-hybridized carbons (Fsp3) is 0.353. The number of aliphatic imine (C=N–C) groups is 1. The molecule has 0 spiro atoms. The first-order valence-electron chi connectivity index (χ1n) is 7.73. The van der Waals surface area contributed by atoms with E-state index in [1.54, 1.807) is 17.7 Å². The molecule has 24 heavy (non-hydrogen) atoms. The smallest absolute Gasteiger partial charge is 0.252 e. The van der Waals surface area contributed by atoms with Gasteiger partial charge in [0.1, 0.15) is 5.67 Å². The minimum atomic E-state index is -1.47. The van der Waals surface area contributed by atoms with Gasteiger partial charge in [-0.2, -0.15) is 5.10 Å². The van der Waals surface area contributed by atoms with Crippen molar-refractivity contribution in [3.63, 3.8) is 0 Å². The number of aromatic nitrogens is 2. The van der Waals surface area contributed by atoms with Gasteiger partial charge in [-0.3, -0.25) is 9.79 Å². The van der Waals surface area contributed by atoms with Crippen LogP contribution in [0.1, 0.15) is 36.7 Å². The van der Waals surface area contributed by atoms with Crippen molar-refractivity contribution in [2.75, 3.05) is 11.9 Å². The maximum atomic E-state index is 14.2. The Balaban J connectivity index is 2.11. The molecule has 2 aromatic rings. The molecular formula is C17H20FN5O. The standard InChI is InChI=1S/C17H20FN5O/c1-10(17(2,3)18)22-15-13(16(19)24)8-21-23-9-12(6-14(15)23)11-4-5-20-7-11/h4-6,8-10,22H,7H2,1-3H3,(H2,19,24)/t10-/m1/s1. The highest BCUT2D eigenvalue weighted by atomic mass is 19.1. The van der Waals surface area contributed by atoms with E-state index in [2.05, 4.69) is 15.4 Å². The average Bonchev–Trinajstić information content (AvgIpc) is 3.15. The number of amides is 1. The largest absolute Gasteiger partial charge is 0.377 e. The van der Waals surface area contributed by atoms with Crippen molar-refractivity contribution in [1.82, 2.24) is 9.61 Å². The van der Waals surface area contributed by atoms with Gasteiger partial charge in [-0.15, -0.1) is 0 Å². The van der Waals surface area contributed by atoms with E-state index in [-0.39, 0.29) is 5.56 Å². The van der Waals surface area contributed by atoms with E-state index in [1.165, 1.54) is 20.0 Å². The molecule has 0 saturated heterocycles. The zero-order chi connectivity index (χ0) is 17.5. The lowest BCUT2D eigenvalue weighted by Crippen LogP contribution is -2.36. The fourth-order valence-corrected chi connectivity index (χ4v) is 2.49. The van der Waals surface area contributed by atoms with E-state index in [4.69, 9.17) is 5.73 Å². The molecule has 1 amide bonds. The molecule has 1 aliphatic heterocycles. The summed E-state index contributed by atoms with van der Waals surface area (Å²) >= 11 is 0. The predicted molar refractivity (Wildman–Crippen MR) is 93.3 cm³/mol. The SMILES string of the molecule is C[C@@H](Nc1c(C(N)=O)cnn2cc(C3=CC=NC3)cc12)C(C)(C)F. The second-order valence-corrected chi connectivity index (χ2v) is 6.47. The van der Waals surface area contributed by atoms with Gasteiger partial charge < -0.3 is 11.1 Å². The number of carbonyl (C=O) groups is 1. The average molecular weight is 329 g/mol. The molecule has 0 radical (unpaired) electrons. The van der Waals surface area contributed by atoms with Gasteiger partial charge in [0.05, 0.1) is 35.6 Å². The number of hydrogen-bond acceptors (Lipinski definition) is 4. The molecule has 126 valence electrons. The van der Waals surface area contributed by atoms with Crippen molar-refractivity contribution >= 4 is 28.9 Å². The predicted octanol–water partition coefficient (Wildman–Crippen LogP) is 2.45. The second kappa shape index (κ2) is 5.74. The van der Waals surface area contributed by atoms with Crippen LogP contribution in [0.5, 0.6) is 0 Å². The number of nitrogens with one attached hydrogen (secondary N) is 1. The normalized spacial score (nSPS) is 15.6. The number of rotatable bonds is 5. The van der Waals surface area contributed by atoms with Crippen LogP contribution in [-0.2, 0) is 0 Å². The molecular weight excluding hydrogens is 309 g/mol. The number of nitrogens with two attached hydrogens (primary N) is 1. The van der Waals surface area contributed by atoms with Crippen molar-refractivity contribution in [3.8, 4) is 0 Å². The van der Waals surface area contributed by atoms with E-state index < -0.39 is 17.6 Å². The molecule has 0 aromatic carbocycles. The van der Waals surface area contributed by atoms with Crippen molar-refractivity contribution < 1.29 is 9.18 Å². The molecule has 1 aliphatic rings. The Morgan fingerprint density at radius 2 is 2.25 bits per heavy atom. The minimum absolute atomic E-state index is 0.236. The number of nitrogens with zero attached hydrogens (tertiary/aromatic N) is 3. The Bertz CT molecular complexity index is 860. The van der Waals surface area contributed by atoms with Crippen LogP contribution in [0.15, 0.2) is 29.5 Å². The molecule has 3 heterocycles. The number of carbonyl (C=O) groups excluding carboxylic acids is 1. The Hall–Kier alpha value is -2.70. The first kappa shape index (κ1) is 16.2. The van der Waals surface area contributed by atoms with Crippen LogP contribution in [0.4, 0.5) is 10.1 Å². The zero-order valence-corrected chi connectivity index (χ0v) is 13.9. The first-order valence-corrected chi connectivity index (χ1v) is 7.73. The summed E-state index contributed by atoms with van der Waals surface area (Å²) in [6.07, 6.45) is 6.95. The van der Waals surface area contributed by atoms with Gasteiger partial charge in [0.25, 0.3) is 5.91 Å². The third kappa shape index (κ3) is 2.89. The summed E-state index contributed by atoms with van der Waals surface area (Å²) in [5.74, 6) is -0.609. The van der Waals surface area contributed by atoms with Crippen molar-refractivity contribution in [1.29, 1.82) is 0 Å². The van der Waals surface area contributed by atoms with Gasteiger partial charge in [0.15, 0.2) is 0 Å². The van der Waals surface area contributed by atoms with Crippen LogP contribution < -0.4 is 11.1 Å². The number of anilines is 1. The number of halogens is 1. The molecule has 3 N–H and O–H groups in total. The summed E-state index contributed by atoms with van der Waals surface area (Å²) in [6, 6.07) is 1.38. The fourth-order valence-electron chi connectivity index (χ4n) is 2.49. The summed E-state index contributed by atoms with van der Waals surface area (Å²) in [5.41, 5.74) is 7.41. The molecule has 2 aromatic heterocycles. The van der Waals surface area contributed by atoms with E-state index in [0.29, 0.717) is 17.7 Å². The summed E-state index contributed by atoms with van der Waals surface area (Å²) < 4.78 is 15.9. The van der Waals surface area contributed by atoms with Crippen LogP contribution in [0.2, 0.25) is 0 Å². The number of fused-ring (bicyclic) bond motifs is 1. The molecule has 0 fully saturated rings. The van der Waals surface area contributed by atoms with Gasteiger partial charge in [0, 0.05) is 18.0 Å². The lowest BCUT2D eigenvalue weighted by atomic mass is 10.0. The summed E-state index contributed by atoms with van der Waals surface area (Å²) in [5, 5.41) is 7.33. The molecule has 3 rings (SSSR count). The first-order chi connectivity index (χ1) is 11.3. The van der Waals surface area contributed by atoms with Crippen molar-refractivity contribution in [2.45, 2.75) is 32.5 Å². The highest BCUT2D eigenvalue weighted by molar-refractivity contribution is 6.02. The van der Waals surface area contributed by atoms with E-state index in [0.717, 1.165) is 11.1 Å². The lowest BCUT2D eigenvalue weighted by Gasteiger charge is -2.26. The number of allylic oxidation sites excluding steroid dienone is 1. The second-order valence-electron chi connectivity index (χ2n) is 6.47. The Labute approximate surface area is 139 Å². The van der Waals surface area contributed by atoms with Gasteiger partial charge >= 0.3 is 0 Å². The Morgan fingerprint density at radius 1 is 1.50 bits per heavy atom. The summed E-state index contributed by atoms with van der Waals surface area (Å²) in [4.78, 5) is 15.9. The van der Waals surface area contributed by atoms with Crippen LogP contribution in [0.3, 0.4) is 0 Å². The van der Waals surface area contributed by atoms with Crippen LogP contribution in [0.25, 0.3) is 11.1 Å². The number of hydrogen-bond donors (Lipinski definition) is 2. The van der Waals surface area contributed by atoms with E-state index in [9.17, 15) is 9.18 Å². The number of primary amides is 1. The summed E-state index contributed by atoms with van der Waals surface area (Å²) in [7, 11) is 0. The minimum Gasteiger partial charge on any atom is -0.377 e. The molecule has 0 saturated carbocycles. The topological polar surface area (TPSA) is 84.8 Å². The molecule has 1 atom stereocenters. The quantitative estimate of drug-likeness (QED) is 0.883. The molecule has 0 unspecified atom stereocenters. The van der Waals surface area contributed by atoms with Crippen LogP contribution >= 0.6 is 0 Å². The Kier molecular flexibility index (Phi) is 3.87. The maximum Gasteiger partial charge on any atom is 0.252 e. The van der Waals surface area contributed by atoms with Gasteiger partial charge in [-0.25, -0.2) is 8.91 Å². The highest BCUT2D eigenvalue weighted by Gasteiger charge is 2.27. The van der Waals surface area contributed by atoms with Crippen molar-refractivity contribution in [3.05, 3.63) is 35.7 Å². The molecule has 7 heteroatoms.